The number of nitrogens with zero attached hydrogens (tertiary/aromatic N) is 1. The number of carbonyl (C=O) groups is 2. The van der Waals surface area contributed by atoms with Crippen LogP contribution in [0.1, 0.15) is 55.4 Å². The van der Waals surface area contributed by atoms with Crippen LogP contribution in [0.4, 0.5) is 0 Å². The molecular weight excluding hydrogens is 328 g/mol. The highest BCUT2D eigenvalue weighted by Gasteiger charge is 2.51. The standard InChI is InChI=1S/C20H24N4O2/c25-17(11-20-8-12-5-13(9-20)7-14(6-12)10-20)22-24-19(26)18-15-3-1-2-4-16(15)21-23-18/h1-4,12-14H,5-11H2,(H,21,23)(H,22,25)(H,24,26). The molecule has 0 saturated heterocycles. The number of nitrogens with one attached hydrogen (secondary N) is 3. The van der Waals surface area contributed by atoms with Gasteiger partial charge in [0.15, 0.2) is 5.69 Å². The molecule has 136 valence electrons. The number of amides is 2. The van der Waals surface area contributed by atoms with Crippen LogP contribution in [0.2, 0.25) is 0 Å². The maximum absolute atomic E-state index is 12.5. The van der Waals surface area contributed by atoms with Crippen molar-refractivity contribution >= 4 is 22.7 Å². The molecule has 2 amide bonds. The zero-order valence-electron chi connectivity index (χ0n) is 14.8. The predicted octanol–water partition coefficient (Wildman–Crippen LogP) is 2.93. The van der Waals surface area contributed by atoms with Gasteiger partial charge in [-0.05, 0) is 67.8 Å². The number of hydrogen-bond acceptors (Lipinski definition) is 3. The lowest BCUT2D eigenvalue weighted by molar-refractivity contribution is -0.130. The minimum absolute atomic E-state index is 0.0832. The van der Waals surface area contributed by atoms with Crippen LogP contribution in [-0.4, -0.2) is 22.0 Å². The molecule has 6 rings (SSSR count). The maximum Gasteiger partial charge on any atom is 0.290 e. The summed E-state index contributed by atoms with van der Waals surface area (Å²) in [5.41, 5.74) is 6.43. The summed E-state index contributed by atoms with van der Waals surface area (Å²) in [5.74, 6) is 1.98. The Bertz CT molecular complexity index is 836. The number of para-hydroxylation sites is 1. The summed E-state index contributed by atoms with van der Waals surface area (Å²) in [4.78, 5) is 24.9. The second kappa shape index (κ2) is 5.83. The second-order valence-electron chi connectivity index (χ2n) is 8.71. The largest absolute Gasteiger partial charge is 0.290 e. The zero-order valence-corrected chi connectivity index (χ0v) is 14.8. The minimum Gasteiger partial charge on any atom is -0.277 e. The Balaban J connectivity index is 1.22. The van der Waals surface area contributed by atoms with Gasteiger partial charge in [-0.1, -0.05) is 18.2 Å². The van der Waals surface area contributed by atoms with Gasteiger partial charge in [-0.2, -0.15) is 5.10 Å². The highest BCUT2D eigenvalue weighted by Crippen LogP contribution is 2.61. The number of carbonyl (C=O) groups excluding carboxylic acids is 2. The van der Waals surface area contributed by atoms with Gasteiger partial charge in [-0.15, -0.1) is 0 Å². The monoisotopic (exact) mass is 352 g/mol. The number of fused-ring (bicyclic) bond motifs is 1. The third-order valence-electron chi connectivity index (χ3n) is 6.70. The first-order valence-corrected chi connectivity index (χ1v) is 9.62. The highest BCUT2D eigenvalue weighted by molar-refractivity contribution is 6.05. The molecule has 0 spiro atoms. The molecule has 4 bridgehead atoms. The average molecular weight is 352 g/mol. The van der Waals surface area contributed by atoms with Gasteiger partial charge in [0.05, 0.1) is 5.52 Å². The molecule has 0 aliphatic heterocycles. The summed E-state index contributed by atoms with van der Waals surface area (Å²) in [5, 5.41) is 7.65. The van der Waals surface area contributed by atoms with E-state index in [1.165, 1.54) is 38.5 Å². The van der Waals surface area contributed by atoms with Crippen LogP contribution >= 0.6 is 0 Å². The summed E-state index contributed by atoms with van der Waals surface area (Å²) in [6.45, 7) is 0. The van der Waals surface area contributed by atoms with Crippen LogP contribution in [0.25, 0.3) is 10.9 Å². The average Bonchev–Trinajstić information content (AvgIpc) is 3.02. The lowest BCUT2D eigenvalue weighted by atomic mass is 9.49. The lowest BCUT2D eigenvalue weighted by Crippen LogP contribution is -2.50. The Morgan fingerprint density at radius 3 is 2.38 bits per heavy atom. The van der Waals surface area contributed by atoms with Crippen LogP contribution < -0.4 is 10.9 Å². The Morgan fingerprint density at radius 2 is 1.69 bits per heavy atom. The summed E-state index contributed by atoms with van der Waals surface area (Å²) in [6, 6.07) is 7.45. The number of rotatable bonds is 3. The van der Waals surface area contributed by atoms with Crippen molar-refractivity contribution in [1.29, 1.82) is 0 Å². The van der Waals surface area contributed by atoms with E-state index in [-0.39, 0.29) is 17.2 Å². The van der Waals surface area contributed by atoms with Gasteiger partial charge in [0.1, 0.15) is 0 Å². The molecule has 4 aliphatic carbocycles. The Morgan fingerprint density at radius 1 is 1.04 bits per heavy atom. The van der Waals surface area contributed by atoms with Gasteiger partial charge in [0.25, 0.3) is 5.91 Å². The SMILES string of the molecule is O=C(CC12CC3CC(CC(C3)C1)C2)NNC(=O)c1n[nH]c2ccccc12. The predicted molar refractivity (Wildman–Crippen MR) is 96.9 cm³/mol. The third-order valence-corrected chi connectivity index (χ3v) is 6.70. The molecule has 1 aromatic heterocycles. The van der Waals surface area contributed by atoms with E-state index in [9.17, 15) is 9.59 Å². The van der Waals surface area contributed by atoms with Crippen LogP contribution in [0, 0.1) is 23.2 Å². The van der Waals surface area contributed by atoms with E-state index >= 15 is 0 Å². The lowest BCUT2D eigenvalue weighted by Gasteiger charge is -2.56. The molecule has 0 atom stereocenters. The fourth-order valence-electron chi connectivity index (χ4n) is 6.21. The fourth-order valence-corrected chi connectivity index (χ4v) is 6.21. The van der Waals surface area contributed by atoms with E-state index in [1.54, 1.807) is 0 Å². The first-order chi connectivity index (χ1) is 12.6. The number of hydrogen-bond donors (Lipinski definition) is 3. The molecule has 3 N–H and O–H groups in total. The fraction of sp³-hybridized carbons (Fsp3) is 0.550. The second-order valence-corrected chi connectivity index (χ2v) is 8.71. The summed E-state index contributed by atoms with van der Waals surface area (Å²) in [6.07, 6.45) is 8.18. The molecule has 26 heavy (non-hydrogen) atoms. The minimum atomic E-state index is -0.388. The van der Waals surface area contributed by atoms with E-state index in [2.05, 4.69) is 21.0 Å². The first kappa shape index (κ1) is 15.9. The molecule has 0 radical (unpaired) electrons. The van der Waals surface area contributed by atoms with E-state index in [0.29, 0.717) is 12.1 Å². The van der Waals surface area contributed by atoms with Gasteiger partial charge in [0, 0.05) is 11.8 Å². The Labute approximate surface area is 152 Å². The number of aromatic nitrogens is 2. The van der Waals surface area contributed by atoms with Crippen molar-refractivity contribution in [2.24, 2.45) is 23.2 Å². The molecule has 4 aliphatic rings. The zero-order chi connectivity index (χ0) is 17.7. The molecule has 1 aromatic carbocycles. The molecule has 6 nitrogen and oxygen atoms in total. The van der Waals surface area contributed by atoms with E-state index in [4.69, 9.17) is 0 Å². The quantitative estimate of drug-likeness (QED) is 0.742. The smallest absolute Gasteiger partial charge is 0.277 e. The Kier molecular flexibility index (Phi) is 3.55. The number of H-pyrrole nitrogens is 1. The van der Waals surface area contributed by atoms with Gasteiger partial charge >= 0.3 is 0 Å². The summed E-state index contributed by atoms with van der Waals surface area (Å²) >= 11 is 0. The van der Waals surface area contributed by atoms with Crippen molar-refractivity contribution in [3.63, 3.8) is 0 Å². The van der Waals surface area contributed by atoms with Gasteiger partial charge in [-0.25, -0.2) is 0 Å². The molecular formula is C20H24N4O2. The summed E-state index contributed by atoms with van der Waals surface area (Å²) in [7, 11) is 0. The van der Waals surface area contributed by atoms with Crippen molar-refractivity contribution in [3.05, 3.63) is 30.0 Å². The third kappa shape index (κ3) is 2.68. The molecule has 0 unspecified atom stereocenters. The van der Waals surface area contributed by atoms with Crippen LogP contribution in [0.3, 0.4) is 0 Å². The van der Waals surface area contributed by atoms with Gasteiger partial charge in [-0.3, -0.25) is 25.5 Å². The van der Waals surface area contributed by atoms with Crippen LogP contribution in [-0.2, 0) is 4.79 Å². The number of benzene rings is 1. The van der Waals surface area contributed by atoms with E-state index in [1.807, 2.05) is 24.3 Å². The number of hydrazine groups is 1. The summed E-state index contributed by atoms with van der Waals surface area (Å²) < 4.78 is 0. The maximum atomic E-state index is 12.5. The van der Waals surface area contributed by atoms with Crippen molar-refractivity contribution < 1.29 is 9.59 Å². The first-order valence-electron chi connectivity index (χ1n) is 9.62. The van der Waals surface area contributed by atoms with Crippen LogP contribution in [0.5, 0.6) is 0 Å². The van der Waals surface area contributed by atoms with Crippen molar-refractivity contribution in [1.82, 2.24) is 21.0 Å². The normalized spacial score (nSPS) is 31.9. The van der Waals surface area contributed by atoms with Gasteiger partial charge < -0.3 is 0 Å². The topological polar surface area (TPSA) is 86.9 Å². The highest BCUT2D eigenvalue weighted by atomic mass is 16.2. The Hall–Kier alpha value is -2.37. The molecule has 2 aromatic rings. The molecule has 1 heterocycles. The van der Waals surface area contributed by atoms with Crippen molar-refractivity contribution in [2.75, 3.05) is 0 Å². The van der Waals surface area contributed by atoms with Crippen molar-refractivity contribution in [2.45, 2.75) is 44.9 Å². The van der Waals surface area contributed by atoms with Crippen LogP contribution in [0.15, 0.2) is 24.3 Å². The van der Waals surface area contributed by atoms with Crippen molar-refractivity contribution in [3.8, 4) is 0 Å². The van der Waals surface area contributed by atoms with Gasteiger partial charge in [0.2, 0.25) is 5.91 Å². The molecule has 4 fully saturated rings. The number of aromatic amines is 1. The molecule has 6 heteroatoms. The molecule has 4 saturated carbocycles. The van der Waals surface area contributed by atoms with E-state index < -0.39 is 0 Å². The van der Waals surface area contributed by atoms with E-state index in [0.717, 1.165) is 28.7 Å².